The monoisotopic (exact) mass is 223 g/mol. The molecule has 0 saturated carbocycles. The SMILES string of the molecule is Cc1cc(F)cc2c1N(CCO)C(=O)C2=O. The predicted octanol–water partition coefficient (Wildman–Crippen LogP) is 0.656. The third-order valence-electron chi connectivity index (χ3n) is 2.54. The first-order valence-electron chi connectivity index (χ1n) is 4.83. The minimum atomic E-state index is -0.717. The summed E-state index contributed by atoms with van der Waals surface area (Å²) in [4.78, 5) is 24.3. The van der Waals surface area contributed by atoms with Crippen molar-refractivity contribution in [3.05, 3.63) is 29.1 Å². The lowest BCUT2D eigenvalue weighted by Crippen LogP contribution is -2.32. The molecule has 0 spiro atoms. The smallest absolute Gasteiger partial charge is 0.299 e. The van der Waals surface area contributed by atoms with Crippen molar-refractivity contribution in [1.29, 1.82) is 0 Å². The molecule has 0 unspecified atom stereocenters. The van der Waals surface area contributed by atoms with E-state index in [9.17, 15) is 14.0 Å². The molecule has 1 aliphatic heterocycles. The van der Waals surface area contributed by atoms with E-state index in [4.69, 9.17) is 5.11 Å². The average Bonchev–Trinajstić information content (AvgIpc) is 2.44. The Kier molecular flexibility index (Phi) is 2.47. The molecule has 0 bridgehead atoms. The number of Topliss-reactive ketones (excluding diaryl/α,β-unsaturated/α-hetero) is 1. The van der Waals surface area contributed by atoms with E-state index in [1.54, 1.807) is 6.92 Å². The second kappa shape index (κ2) is 3.68. The van der Waals surface area contributed by atoms with Gasteiger partial charge in [0.25, 0.3) is 11.7 Å². The number of ketones is 1. The highest BCUT2D eigenvalue weighted by molar-refractivity contribution is 6.52. The average molecular weight is 223 g/mol. The molecule has 0 saturated heterocycles. The quantitative estimate of drug-likeness (QED) is 0.749. The Morgan fingerprint density at radius 3 is 2.69 bits per heavy atom. The number of carbonyl (C=O) groups is 2. The van der Waals surface area contributed by atoms with E-state index < -0.39 is 17.5 Å². The zero-order chi connectivity index (χ0) is 11.9. The Bertz CT molecular complexity index is 484. The topological polar surface area (TPSA) is 57.6 Å². The standard InChI is InChI=1S/C11H10FNO3/c1-6-4-7(12)5-8-9(6)13(2-3-14)11(16)10(8)15/h4-5,14H,2-3H2,1H3. The highest BCUT2D eigenvalue weighted by atomic mass is 19.1. The van der Waals surface area contributed by atoms with E-state index in [0.29, 0.717) is 11.3 Å². The van der Waals surface area contributed by atoms with Gasteiger partial charge in [-0.15, -0.1) is 0 Å². The van der Waals surface area contributed by atoms with Crippen LogP contribution in [0.2, 0.25) is 0 Å². The lowest BCUT2D eigenvalue weighted by Gasteiger charge is -2.16. The van der Waals surface area contributed by atoms with Gasteiger partial charge in [0, 0.05) is 6.54 Å². The van der Waals surface area contributed by atoms with E-state index in [0.717, 1.165) is 6.07 Å². The number of carbonyl (C=O) groups excluding carboxylic acids is 2. The van der Waals surface area contributed by atoms with Gasteiger partial charge in [-0.3, -0.25) is 9.59 Å². The van der Waals surface area contributed by atoms with Crippen LogP contribution in [-0.4, -0.2) is 29.9 Å². The summed E-state index contributed by atoms with van der Waals surface area (Å²) in [7, 11) is 0. The third kappa shape index (κ3) is 1.40. The molecule has 0 aliphatic carbocycles. The summed E-state index contributed by atoms with van der Waals surface area (Å²) in [6, 6.07) is 2.31. The van der Waals surface area contributed by atoms with Crippen molar-refractivity contribution in [1.82, 2.24) is 0 Å². The largest absolute Gasteiger partial charge is 0.395 e. The van der Waals surface area contributed by atoms with Crippen LogP contribution in [0, 0.1) is 12.7 Å². The second-order valence-corrected chi connectivity index (χ2v) is 3.63. The van der Waals surface area contributed by atoms with Gasteiger partial charge in [0.05, 0.1) is 17.9 Å². The van der Waals surface area contributed by atoms with Crippen LogP contribution in [0.4, 0.5) is 10.1 Å². The fourth-order valence-corrected chi connectivity index (χ4v) is 1.92. The first-order chi connectivity index (χ1) is 7.56. The summed E-state index contributed by atoms with van der Waals surface area (Å²) in [5.41, 5.74) is 1.00. The zero-order valence-electron chi connectivity index (χ0n) is 8.66. The predicted molar refractivity (Wildman–Crippen MR) is 54.9 cm³/mol. The summed E-state index contributed by atoms with van der Waals surface area (Å²) in [6.45, 7) is 1.43. The highest BCUT2D eigenvalue weighted by Crippen LogP contribution is 2.32. The molecule has 2 rings (SSSR count). The summed E-state index contributed by atoms with van der Waals surface area (Å²) >= 11 is 0. The van der Waals surface area contributed by atoms with Crippen molar-refractivity contribution in [2.24, 2.45) is 0 Å². The fourth-order valence-electron chi connectivity index (χ4n) is 1.92. The number of amides is 1. The maximum atomic E-state index is 13.1. The number of halogens is 1. The number of aliphatic hydroxyl groups is 1. The van der Waals surface area contributed by atoms with Gasteiger partial charge in [-0.1, -0.05) is 0 Å². The summed E-state index contributed by atoms with van der Waals surface area (Å²) in [5, 5.41) is 8.82. The molecule has 1 aromatic carbocycles. The number of fused-ring (bicyclic) bond motifs is 1. The molecule has 5 heteroatoms. The maximum absolute atomic E-state index is 13.1. The Morgan fingerprint density at radius 1 is 1.38 bits per heavy atom. The van der Waals surface area contributed by atoms with Crippen molar-refractivity contribution in [3.63, 3.8) is 0 Å². The molecule has 1 aromatic rings. The van der Waals surface area contributed by atoms with Gasteiger partial charge in [-0.05, 0) is 24.6 Å². The van der Waals surface area contributed by atoms with Gasteiger partial charge in [0.1, 0.15) is 5.82 Å². The van der Waals surface area contributed by atoms with Gasteiger partial charge < -0.3 is 10.0 Å². The van der Waals surface area contributed by atoms with Crippen LogP contribution in [-0.2, 0) is 4.79 Å². The molecule has 0 aromatic heterocycles. The van der Waals surface area contributed by atoms with Crippen molar-refractivity contribution in [2.45, 2.75) is 6.92 Å². The van der Waals surface area contributed by atoms with Crippen LogP contribution in [0.3, 0.4) is 0 Å². The molecule has 16 heavy (non-hydrogen) atoms. The Balaban J connectivity index is 2.60. The molecular weight excluding hydrogens is 213 g/mol. The lowest BCUT2D eigenvalue weighted by atomic mass is 10.1. The third-order valence-corrected chi connectivity index (χ3v) is 2.54. The minimum Gasteiger partial charge on any atom is -0.395 e. The molecule has 4 nitrogen and oxygen atoms in total. The van der Waals surface area contributed by atoms with E-state index >= 15 is 0 Å². The van der Waals surface area contributed by atoms with E-state index in [2.05, 4.69) is 0 Å². The Hall–Kier alpha value is -1.75. The van der Waals surface area contributed by atoms with Gasteiger partial charge in [-0.25, -0.2) is 4.39 Å². The van der Waals surface area contributed by atoms with Crippen LogP contribution in [0.1, 0.15) is 15.9 Å². The van der Waals surface area contributed by atoms with Crippen LogP contribution < -0.4 is 4.90 Å². The van der Waals surface area contributed by atoms with Crippen LogP contribution in [0.25, 0.3) is 0 Å². The number of nitrogens with zero attached hydrogens (tertiary/aromatic N) is 1. The minimum absolute atomic E-state index is 0.0457. The Morgan fingerprint density at radius 2 is 2.06 bits per heavy atom. The molecule has 0 radical (unpaired) electrons. The summed E-state index contributed by atoms with van der Waals surface area (Å²) in [5.74, 6) is -1.97. The second-order valence-electron chi connectivity index (χ2n) is 3.63. The van der Waals surface area contributed by atoms with Gasteiger partial charge >= 0.3 is 0 Å². The number of aryl methyl sites for hydroxylation is 1. The van der Waals surface area contributed by atoms with Crippen molar-refractivity contribution >= 4 is 17.4 Å². The normalized spacial score (nSPS) is 14.6. The molecule has 84 valence electrons. The molecule has 1 N–H and O–H groups in total. The molecule has 1 aliphatic rings. The van der Waals surface area contributed by atoms with Crippen molar-refractivity contribution in [3.8, 4) is 0 Å². The summed E-state index contributed by atoms with van der Waals surface area (Å²) < 4.78 is 13.1. The van der Waals surface area contributed by atoms with Crippen molar-refractivity contribution < 1.29 is 19.1 Å². The van der Waals surface area contributed by atoms with E-state index in [1.807, 2.05) is 0 Å². The number of hydrogen-bond donors (Lipinski definition) is 1. The number of benzene rings is 1. The number of β-amino-alcohol motifs (C(OH)–C–C–N with tert-alkyl or cyclic N) is 1. The fraction of sp³-hybridized carbons (Fsp3) is 0.273. The van der Waals surface area contributed by atoms with E-state index in [1.165, 1.54) is 11.0 Å². The van der Waals surface area contributed by atoms with E-state index in [-0.39, 0.29) is 18.7 Å². The van der Waals surface area contributed by atoms with Gasteiger partial charge in [0.2, 0.25) is 0 Å². The molecule has 0 fully saturated rings. The van der Waals surface area contributed by atoms with Gasteiger partial charge in [-0.2, -0.15) is 0 Å². The van der Waals surface area contributed by atoms with Crippen LogP contribution in [0.15, 0.2) is 12.1 Å². The van der Waals surface area contributed by atoms with Crippen molar-refractivity contribution in [2.75, 3.05) is 18.1 Å². The lowest BCUT2D eigenvalue weighted by molar-refractivity contribution is -0.114. The first-order valence-corrected chi connectivity index (χ1v) is 4.83. The molecule has 0 atom stereocenters. The maximum Gasteiger partial charge on any atom is 0.299 e. The van der Waals surface area contributed by atoms with Crippen LogP contribution in [0.5, 0.6) is 0 Å². The molecular formula is C11H10FNO3. The number of hydrogen-bond acceptors (Lipinski definition) is 3. The molecule has 1 heterocycles. The van der Waals surface area contributed by atoms with Gasteiger partial charge in [0.15, 0.2) is 0 Å². The van der Waals surface area contributed by atoms with Crippen LogP contribution >= 0.6 is 0 Å². The molecule has 1 amide bonds. The number of aliphatic hydroxyl groups excluding tert-OH is 1. The first kappa shape index (κ1) is 10.8. The zero-order valence-corrected chi connectivity index (χ0v) is 8.66. The Labute approximate surface area is 91.3 Å². The number of anilines is 1. The summed E-state index contributed by atoms with van der Waals surface area (Å²) in [6.07, 6.45) is 0. The number of rotatable bonds is 2. The highest BCUT2D eigenvalue weighted by Gasteiger charge is 2.36.